The van der Waals surface area contributed by atoms with Crippen LogP contribution in [0.25, 0.3) is 0 Å². The zero-order chi connectivity index (χ0) is 16.0. The summed E-state index contributed by atoms with van der Waals surface area (Å²) in [5.41, 5.74) is 5.24. The van der Waals surface area contributed by atoms with Gasteiger partial charge in [0.1, 0.15) is 4.90 Å². The summed E-state index contributed by atoms with van der Waals surface area (Å²) in [6.07, 6.45) is 3.74. The molecule has 0 fully saturated rings. The van der Waals surface area contributed by atoms with Gasteiger partial charge in [-0.2, -0.15) is 0 Å². The normalized spacial score (nSPS) is 13.3. The Balaban J connectivity index is 2.87. The van der Waals surface area contributed by atoms with Crippen molar-refractivity contribution in [2.24, 2.45) is 5.92 Å². The van der Waals surface area contributed by atoms with Crippen molar-refractivity contribution in [2.75, 3.05) is 12.3 Å². The lowest BCUT2D eigenvalue weighted by atomic mass is 10.00. The summed E-state index contributed by atoms with van der Waals surface area (Å²) in [7, 11) is -4.11. The average Bonchev–Trinajstić information content (AvgIpc) is 2.43. The van der Waals surface area contributed by atoms with Gasteiger partial charge in [-0.05, 0) is 24.5 Å². The van der Waals surface area contributed by atoms with Gasteiger partial charge < -0.3 is 5.73 Å². The lowest BCUT2D eigenvalue weighted by Crippen LogP contribution is -2.30. The first kappa shape index (κ1) is 17.8. The molecular formula is C14H22F2N2O2S. The number of nitrogens with one attached hydrogen (secondary N) is 1. The SMILES string of the molecule is CCCCC(CC)CNS(=O)(=O)c1cc(N)cc(F)c1F. The third-order valence-corrected chi connectivity index (χ3v) is 4.83. The lowest BCUT2D eigenvalue weighted by Gasteiger charge is -2.16. The van der Waals surface area contributed by atoms with Gasteiger partial charge in [-0.25, -0.2) is 21.9 Å². The van der Waals surface area contributed by atoms with E-state index in [9.17, 15) is 17.2 Å². The van der Waals surface area contributed by atoms with Crippen molar-refractivity contribution in [3.05, 3.63) is 23.8 Å². The first-order valence-electron chi connectivity index (χ1n) is 7.06. The fourth-order valence-electron chi connectivity index (χ4n) is 2.03. The number of sulfonamides is 1. The molecule has 0 heterocycles. The second-order valence-corrected chi connectivity index (χ2v) is 6.82. The van der Waals surface area contributed by atoms with Crippen LogP contribution in [0.3, 0.4) is 0 Å². The second-order valence-electron chi connectivity index (χ2n) is 5.08. The van der Waals surface area contributed by atoms with Gasteiger partial charge >= 0.3 is 0 Å². The first-order valence-corrected chi connectivity index (χ1v) is 8.54. The Morgan fingerprint density at radius 3 is 2.52 bits per heavy atom. The summed E-state index contributed by atoms with van der Waals surface area (Å²) in [5.74, 6) is -2.50. The van der Waals surface area contributed by atoms with Crippen LogP contribution in [0, 0.1) is 17.6 Å². The first-order chi connectivity index (χ1) is 9.81. The van der Waals surface area contributed by atoms with Gasteiger partial charge in [-0.3, -0.25) is 0 Å². The van der Waals surface area contributed by atoms with E-state index < -0.39 is 26.6 Å². The molecule has 1 atom stereocenters. The van der Waals surface area contributed by atoms with Crippen molar-refractivity contribution in [1.82, 2.24) is 4.72 Å². The number of anilines is 1. The number of unbranched alkanes of at least 4 members (excludes halogenated alkanes) is 1. The van der Waals surface area contributed by atoms with Crippen LogP contribution in [0.5, 0.6) is 0 Å². The minimum absolute atomic E-state index is 0.132. The van der Waals surface area contributed by atoms with Crippen LogP contribution in [0.4, 0.5) is 14.5 Å². The number of rotatable bonds is 8. The minimum atomic E-state index is -4.11. The van der Waals surface area contributed by atoms with E-state index in [2.05, 4.69) is 11.6 Å². The minimum Gasteiger partial charge on any atom is -0.399 e. The van der Waals surface area contributed by atoms with Crippen molar-refractivity contribution in [1.29, 1.82) is 0 Å². The zero-order valence-electron chi connectivity index (χ0n) is 12.3. The van der Waals surface area contributed by atoms with Crippen LogP contribution in [-0.2, 0) is 10.0 Å². The molecule has 0 aromatic heterocycles. The van der Waals surface area contributed by atoms with E-state index in [0.29, 0.717) is 0 Å². The predicted octanol–water partition coefficient (Wildman–Crippen LogP) is 3.04. The summed E-state index contributed by atoms with van der Waals surface area (Å²) in [5, 5.41) is 0. The Bertz CT molecular complexity index is 577. The van der Waals surface area contributed by atoms with Gasteiger partial charge in [-0.1, -0.05) is 33.1 Å². The van der Waals surface area contributed by atoms with E-state index in [1.165, 1.54) is 0 Å². The van der Waals surface area contributed by atoms with E-state index >= 15 is 0 Å². The maximum Gasteiger partial charge on any atom is 0.243 e. The molecule has 0 aliphatic carbocycles. The Morgan fingerprint density at radius 2 is 1.95 bits per heavy atom. The number of nitrogens with two attached hydrogens (primary N) is 1. The maximum atomic E-state index is 13.6. The molecule has 120 valence electrons. The van der Waals surface area contributed by atoms with Gasteiger partial charge in [0.15, 0.2) is 11.6 Å². The van der Waals surface area contributed by atoms with Crippen LogP contribution < -0.4 is 10.5 Å². The molecule has 21 heavy (non-hydrogen) atoms. The lowest BCUT2D eigenvalue weighted by molar-refractivity contribution is 0.441. The standard InChI is InChI=1S/C14H22F2N2O2S/c1-3-5-6-10(4-2)9-18-21(19,20)13-8-11(17)7-12(15)14(13)16/h7-8,10,18H,3-6,9,17H2,1-2H3. The van der Waals surface area contributed by atoms with E-state index in [1.54, 1.807) is 0 Å². The fourth-order valence-corrected chi connectivity index (χ4v) is 3.26. The Labute approximate surface area is 124 Å². The fraction of sp³-hybridized carbons (Fsp3) is 0.571. The molecule has 7 heteroatoms. The van der Waals surface area contributed by atoms with Gasteiger partial charge in [0.2, 0.25) is 10.0 Å². The van der Waals surface area contributed by atoms with E-state index in [-0.39, 0.29) is 18.2 Å². The highest BCUT2D eigenvalue weighted by molar-refractivity contribution is 7.89. The van der Waals surface area contributed by atoms with Crippen molar-refractivity contribution >= 4 is 15.7 Å². The Kier molecular flexibility index (Phi) is 6.54. The van der Waals surface area contributed by atoms with Gasteiger partial charge in [-0.15, -0.1) is 0 Å². The number of nitrogen functional groups attached to an aromatic ring is 1. The quantitative estimate of drug-likeness (QED) is 0.723. The highest BCUT2D eigenvalue weighted by Gasteiger charge is 2.23. The summed E-state index contributed by atoms with van der Waals surface area (Å²) in [4.78, 5) is -0.745. The molecule has 1 aromatic carbocycles. The number of hydrogen-bond donors (Lipinski definition) is 2. The maximum absolute atomic E-state index is 13.6. The molecular weight excluding hydrogens is 298 g/mol. The molecule has 3 N–H and O–H groups in total. The molecule has 0 radical (unpaired) electrons. The van der Waals surface area contributed by atoms with Crippen LogP contribution in [0.1, 0.15) is 39.5 Å². The summed E-state index contributed by atoms with van der Waals surface area (Å²) in [6.45, 7) is 4.23. The molecule has 0 aliphatic heterocycles. The van der Waals surface area contributed by atoms with E-state index in [0.717, 1.165) is 37.8 Å². The largest absolute Gasteiger partial charge is 0.399 e. The van der Waals surface area contributed by atoms with E-state index in [4.69, 9.17) is 5.73 Å². The Morgan fingerprint density at radius 1 is 1.29 bits per heavy atom. The average molecular weight is 320 g/mol. The molecule has 0 saturated heterocycles. The third kappa shape index (κ3) is 4.93. The van der Waals surface area contributed by atoms with Gasteiger partial charge in [0.05, 0.1) is 0 Å². The monoisotopic (exact) mass is 320 g/mol. The smallest absolute Gasteiger partial charge is 0.243 e. The molecule has 0 saturated carbocycles. The highest BCUT2D eigenvalue weighted by Crippen LogP contribution is 2.21. The van der Waals surface area contributed by atoms with Crippen molar-refractivity contribution in [3.63, 3.8) is 0 Å². The molecule has 1 rings (SSSR count). The molecule has 1 aromatic rings. The van der Waals surface area contributed by atoms with Crippen molar-refractivity contribution < 1.29 is 17.2 Å². The number of halogens is 2. The van der Waals surface area contributed by atoms with Gasteiger partial charge in [0.25, 0.3) is 0 Å². The van der Waals surface area contributed by atoms with Gasteiger partial charge in [0, 0.05) is 12.2 Å². The van der Waals surface area contributed by atoms with Crippen molar-refractivity contribution in [2.45, 2.75) is 44.4 Å². The molecule has 1 unspecified atom stereocenters. The number of benzene rings is 1. The molecule has 0 bridgehead atoms. The molecule has 0 aliphatic rings. The second kappa shape index (κ2) is 7.70. The Hall–Kier alpha value is -1.21. The molecule has 4 nitrogen and oxygen atoms in total. The highest BCUT2D eigenvalue weighted by atomic mass is 32.2. The van der Waals surface area contributed by atoms with Crippen LogP contribution in [0.2, 0.25) is 0 Å². The number of hydrogen-bond acceptors (Lipinski definition) is 3. The van der Waals surface area contributed by atoms with Crippen LogP contribution in [0.15, 0.2) is 17.0 Å². The summed E-state index contributed by atoms with van der Waals surface area (Å²) < 4.78 is 53.4. The zero-order valence-corrected chi connectivity index (χ0v) is 13.1. The molecule has 0 amide bonds. The summed E-state index contributed by atoms with van der Waals surface area (Å²) >= 11 is 0. The van der Waals surface area contributed by atoms with Crippen molar-refractivity contribution in [3.8, 4) is 0 Å². The van der Waals surface area contributed by atoms with Crippen LogP contribution in [-0.4, -0.2) is 15.0 Å². The predicted molar refractivity (Wildman–Crippen MR) is 79.3 cm³/mol. The summed E-state index contributed by atoms with van der Waals surface area (Å²) in [6, 6.07) is 1.68. The third-order valence-electron chi connectivity index (χ3n) is 3.41. The topological polar surface area (TPSA) is 72.2 Å². The van der Waals surface area contributed by atoms with E-state index in [1.807, 2.05) is 6.92 Å². The van der Waals surface area contributed by atoms with Crippen LogP contribution >= 0.6 is 0 Å². The molecule has 0 spiro atoms.